The number of hydrogen-bond donors (Lipinski definition) is 3. The molecule has 3 N–H and O–H groups in total. The lowest BCUT2D eigenvalue weighted by atomic mass is 9.94. The molecular formula is C15H27N5O. The summed E-state index contributed by atoms with van der Waals surface area (Å²) in [7, 11) is 0. The SMILES string of the molecule is CCNC(=NCCO)NC1CCc2cn(C(C)C)nc2C1. The molecule has 0 radical (unpaired) electrons. The van der Waals surface area contributed by atoms with Crippen LogP contribution in [0, 0.1) is 0 Å². The molecule has 6 nitrogen and oxygen atoms in total. The van der Waals surface area contributed by atoms with Crippen LogP contribution in [0.25, 0.3) is 0 Å². The number of fused-ring (bicyclic) bond motifs is 1. The molecule has 2 rings (SSSR count). The molecule has 0 amide bonds. The highest BCUT2D eigenvalue weighted by Gasteiger charge is 2.22. The van der Waals surface area contributed by atoms with Gasteiger partial charge in [-0.2, -0.15) is 5.10 Å². The highest BCUT2D eigenvalue weighted by Crippen LogP contribution is 2.21. The van der Waals surface area contributed by atoms with Gasteiger partial charge in [-0.1, -0.05) is 0 Å². The Morgan fingerprint density at radius 3 is 3.05 bits per heavy atom. The average molecular weight is 293 g/mol. The van der Waals surface area contributed by atoms with E-state index in [1.807, 2.05) is 6.92 Å². The molecule has 6 heteroatoms. The van der Waals surface area contributed by atoms with Gasteiger partial charge in [0.15, 0.2) is 5.96 Å². The van der Waals surface area contributed by atoms with Crippen molar-refractivity contribution in [2.24, 2.45) is 4.99 Å². The standard InChI is InChI=1S/C15H27N5O/c1-4-16-15(17-7-8-21)18-13-6-5-12-10-20(11(2)3)19-14(12)9-13/h10-11,13,21H,4-9H2,1-3H3,(H2,16,17,18). The van der Waals surface area contributed by atoms with Gasteiger partial charge in [0, 0.05) is 31.2 Å². The summed E-state index contributed by atoms with van der Waals surface area (Å²) < 4.78 is 2.05. The zero-order valence-corrected chi connectivity index (χ0v) is 13.3. The van der Waals surface area contributed by atoms with E-state index < -0.39 is 0 Å². The minimum atomic E-state index is 0.0736. The summed E-state index contributed by atoms with van der Waals surface area (Å²) in [6.45, 7) is 7.66. The maximum atomic E-state index is 8.90. The number of aliphatic imine (C=N–C) groups is 1. The monoisotopic (exact) mass is 293 g/mol. The Bertz CT molecular complexity index is 480. The van der Waals surface area contributed by atoms with Crippen LogP contribution in [0.5, 0.6) is 0 Å². The minimum Gasteiger partial charge on any atom is -0.394 e. The van der Waals surface area contributed by atoms with Crippen LogP contribution in [0.4, 0.5) is 0 Å². The molecule has 1 aromatic rings. The van der Waals surface area contributed by atoms with E-state index >= 15 is 0 Å². The van der Waals surface area contributed by atoms with Crippen molar-refractivity contribution in [3.05, 3.63) is 17.5 Å². The van der Waals surface area contributed by atoms with E-state index in [9.17, 15) is 0 Å². The fraction of sp³-hybridized carbons (Fsp3) is 0.733. The number of hydrogen-bond acceptors (Lipinski definition) is 3. The van der Waals surface area contributed by atoms with Crippen molar-refractivity contribution in [3.8, 4) is 0 Å². The quantitative estimate of drug-likeness (QED) is 0.556. The third-order valence-corrected chi connectivity index (χ3v) is 3.68. The molecule has 0 fully saturated rings. The van der Waals surface area contributed by atoms with Crippen molar-refractivity contribution in [1.82, 2.24) is 20.4 Å². The second kappa shape index (κ2) is 7.45. The predicted octanol–water partition coefficient (Wildman–Crippen LogP) is 0.869. The largest absolute Gasteiger partial charge is 0.394 e. The van der Waals surface area contributed by atoms with Gasteiger partial charge in [0.1, 0.15) is 0 Å². The molecule has 1 unspecified atom stereocenters. The average Bonchev–Trinajstić information content (AvgIpc) is 2.88. The fourth-order valence-corrected chi connectivity index (χ4v) is 2.58. The third-order valence-electron chi connectivity index (χ3n) is 3.68. The van der Waals surface area contributed by atoms with Gasteiger partial charge in [-0.15, -0.1) is 0 Å². The number of rotatable bonds is 5. The summed E-state index contributed by atoms with van der Waals surface area (Å²) in [6, 6.07) is 0.759. The lowest BCUT2D eigenvalue weighted by Gasteiger charge is -2.24. The van der Waals surface area contributed by atoms with Crippen molar-refractivity contribution >= 4 is 5.96 Å². The summed E-state index contributed by atoms with van der Waals surface area (Å²) in [5, 5.41) is 20.3. The van der Waals surface area contributed by atoms with Gasteiger partial charge in [0.2, 0.25) is 0 Å². The number of aromatic nitrogens is 2. The first-order chi connectivity index (χ1) is 10.1. The molecule has 1 aliphatic carbocycles. The first kappa shape index (κ1) is 15.8. The topological polar surface area (TPSA) is 74.5 Å². The van der Waals surface area contributed by atoms with E-state index in [0.717, 1.165) is 31.8 Å². The number of nitrogens with one attached hydrogen (secondary N) is 2. The number of nitrogens with zero attached hydrogens (tertiary/aromatic N) is 3. The second-order valence-electron chi connectivity index (χ2n) is 5.74. The highest BCUT2D eigenvalue weighted by atomic mass is 16.3. The van der Waals surface area contributed by atoms with E-state index in [0.29, 0.717) is 18.6 Å². The molecule has 21 heavy (non-hydrogen) atoms. The van der Waals surface area contributed by atoms with E-state index in [4.69, 9.17) is 10.2 Å². The van der Waals surface area contributed by atoms with Crippen molar-refractivity contribution < 1.29 is 5.11 Å². The molecule has 1 heterocycles. The molecule has 0 aromatic carbocycles. The van der Waals surface area contributed by atoms with Crippen LogP contribution in [-0.2, 0) is 12.8 Å². The molecule has 118 valence electrons. The van der Waals surface area contributed by atoms with Crippen LogP contribution in [0.3, 0.4) is 0 Å². The molecule has 0 spiro atoms. The Hall–Kier alpha value is -1.56. The van der Waals surface area contributed by atoms with E-state index in [-0.39, 0.29) is 6.61 Å². The van der Waals surface area contributed by atoms with Gasteiger partial charge in [-0.25, -0.2) is 0 Å². The Morgan fingerprint density at radius 2 is 2.38 bits per heavy atom. The molecule has 0 saturated carbocycles. The minimum absolute atomic E-state index is 0.0736. The van der Waals surface area contributed by atoms with E-state index in [2.05, 4.69) is 40.4 Å². The summed E-state index contributed by atoms with van der Waals surface area (Å²) in [5.74, 6) is 0.781. The van der Waals surface area contributed by atoms with Crippen LogP contribution in [0.1, 0.15) is 44.5 Å². The lowest BCUT2D eigenvalue weighted by Crippen LogP contribution is -2.45. The molecule has 1 atom stereocenters. The van der Waals surface area contributed by atoms with Crippen LogP contribution in [0.2, 0.25) is 0 Å². The maximum absolute atomic E-state index is 8.90. The van der Waals surface area contributed by atoms with E-state index in [1.54, 1.807) is 0 Å². The number of aliphatic hydroxyl groups is 1. The number of guanidine groups is 1. The molecule has 0 aliphatic heterocycles. The van der Waals surface area contributed by atoms with Crippen LogP contribution >= 0.6 is 0 Å². The van der Waals surface area contributed by atoms with Gasteiger partial charge in [0.25, 0.3) is 0 Å². The number of aryl methyl sites for hydroxylation is 1. The molecule has 0 saturated heterocycles. The Kier molecular flexibility index (Phi) is 5.61. The van der Waals surface area contributed by atoms with Gasteiger partial charge >= 0.3 is 0 Å². The Balaban J connectivity index is 1.99. The van der Waals surface area contributed by atoms with Crippen LogP contribution < -0.4 is 10.6 Å². The van der Waals surface area contributed by atoms with Crippen molar-refractivity contribution in [2.75, 3.05) is 19.7 Å². The van der Waals surface area contributed by atoms with Crippen molar-refractivity contribution in [2.45, 2.75) is 52.1 Å². The zero-order valence-electron chi connectivity index (χ0n) is 13.3. The van der Waals surface area contributed by atoms with Crippen molar-refractivity contribution in [3.63, 3.8) is 0 Å². The van der Waals surface area contributed by atoms with Gasteiger partial charge in [-0.05, 0) is 39.2 Å². The second-order valence-corrected chi connectivity index (χ2v) is 5.74. The smallest absolute Gasteiger partial charge is 0.191 e. The van der Waals surface area contributed by atoms with Gasteiger partial charge in [0.05, 0.1) is 18.8 Å². The first-order valence-electron chi connectivity index (χ1n) is 7.86. The maximum Gasteiger partial charge on any atom is 0.191 e. The molecular weight excluding hydrogens is 266 g/mol. The summed E-state index contributed by atoms with van der Waals surface area (Å²) in [5.41, 5.74) is 2.57. The zero-order chi connectivity index (χ0) is 15.2. The van der Waals surface area contributed by atoms with Crippen LogP contribution in [-0.4, -0.2) is 46.6 Å². The lowest BCUT2D eigenvalue weighted by molar-refractivity contribution is 0.306. The fourth-order valence-electron chi connectivity index (χ4n) is 2.58. The summed E-state index contributed by atoms with van der Waals surface area (Å²) >= 11 is 0. The molecule has 1 aromatic heterocycles. The first-order valence-corrected chi connectivity index (χ1v) is 7.86. The normalized spacial score (nSPS) is 18.7. The Labute approximate surface area is 126 Å². The third kappa shape index (κ3) is 4.20. The van der Waals surface area contributed by atoms with E-state index in [1.165, 1.54) is 11.3 Å². The van der Waals surface area contributed by atoms with Gasteiger partial charge < -0.3 is 15.7 Å². The van der Waals surface area contributed by atoms with Gasteiger partial charge in [-0.3, -0.25) is 9.67 Å². The predicted molar refractivity (Wildman–Crippen MR) is 84.6 cm³/mol. The summed E-state index contributed by atoms with van der Waals surface area (Å²) in [6.07, 6.45) is 5.25. The molecule has 0 bridgehead atoms. The highest BCUT2D eigenvalue weighted by molar-refractivity contribution is 5.80. The van der Waals surface area contributed by atoms with Crippen molar-refractivity contribution in [1.29, 1.82) is 0 Å². The molecule has 1 aliphatic rings. The number of aliphatic hydroxyl groups excluding tert-OH is 1. The Morgan fingerprint density at radius 1 is 1.57 bits per heavy atom. The summed E-state index contributed by atoms with van der Waals surface area (Å²) in [4.78, 5) is 4.33. The van der Waals surface area contributed by atoms with Crippen LogP contribution in [0.15, 0.2) is 11.2 Å².